The molecular formula is C40H51N5O15. The van der Waals surface area contributed by atoms with Crippen molar-refractivity contribution >= 4 is 23.6 Å². The van der Waals surface area contributed by atoms with Crippen LogP contribution >= 0.6 is 0 Å². The molecule has 1 aromatic heterocycles. The Bertz CT molecular complexity index is 2030. The third kappa shape index (κ3) is 9.27. The van der Waals surface area contributed by atoms with Gasteiger partial charge < -0.3 is 65.7 Å². The van der Waals surface area contributed by atoms with Crippen molar-refractivity contribution in [1.29, 1.82) is 0 Å². The molecule has 60 heavy (non-hydrogen) atoms. The molecule has 10 N–H and O–H groups in total. The first kappa shape index (κ1) is 44.8. The number of amides is 2. The quantitative estimate of drug-likeness (QED) is 0.0799. The lowest BCUT2D eigenvalue weighted by molar-refractivity contribution is -0.334. The van der Waals surface area contributed by atoms with Crippen LogP contribution in [0.15, 0.2) is 48.5 Å². The number of ketones is 1. The van der Waals surface area contributed by atoms with Gasteiger partial charge >= 0.3 is 5.97 Å². The predicted octanol–water partition coefficient (Wildman–Crippen LogP) is -1.90. The van der Waals surface area contributed by atoms with Crippen LogP contribution in [-0.4, -0.2) is 160 Å². The first-order valence-corrected chi connectivity index (χ1v) is 19.7. The number of aliphatic carboxylic acids is 1. The lowest BCUT2D eigenvalue weighted by atomic mass is 9.79. The van der Waals surface area contributed by atoms with Gasteiger partial charge in [-0.05, 0) is 24.0 Å². The van der Waals surface area contributed by atoms with Crippen molar-refractivity contribution in [3.63, 3.8) is 0 Å². The average molecular weight is 842 g/mol. The maximum Gasteiger partial charge on any atom is 0.364 e. The molecular weight excluding hydrogens is 790 g/mol. The van der Waals surface area contributed by atoms with Crippen LogP contribution in [0.3, 0.4) is 0 Å². The van der Waals surface area contributed by atoms with Crippen molar-refractivity contribution in [3.8, 4) is 22.5 Å². The number of aromatic nitrogens is 3. The number of Topliss-reactive ketones (excluding diaryl/α,β-unsaturated/α-hetero) is 1. The molecule has 2 aliphatic heterocycles. The number of nitrogens with one attached hydrogen (secondary N) is 2. The zero-order valence-electron chi connectivity index (χ0n) is 32.9. The van der Waals surface area contributed by atoms with Gasteiger partial charge in [0.1, 0.15) is 54.2 Å². The first-order chi connectivity index (χ1) is 28.6. The fourth-order valence-electron chi connectivity index (χ4n) is 7.96. The van der Waals surface area contributed by atoms with E-state index in [9.17, 15) is 60.0 Å². The van der Waals surface area contributed by atoms with Crippen molar-refractivity contribution in [2.75, 3.05) is 13.2 Å². The number of carboxylic acid groups (broad SMARTS) is 1. The molecule has 2 aromatic carbocycles. The number of rotatable bonds is 15. The fraction of sp³-hybridized carbons (Fsp3) is 0.550. The molecule has 0 saturated carbocycles. The van der Waals surface area contributed by atoms with Crippen LogP contribution in [0.1, 0.15) is 56.6 Å². The SMILES string of the molecule is CCCNC(=O)CCC(=O)C1Cc2ccccc2-c2nnn(CC(O)C(O)C3OC(OCC4OC(O)C(O)C(O)C4O)(C(=O)O)CC(O)C3NC(C)=O)c2-c2ccccc21. The molecule has 1 aliphatic carbocycles. The van der Waals surface area contributed by atoms with Crippen molar-refractivity contribution in [3.05, 3.63) is 59.7 Å². The number of nitrogens with zero attached hydrogens (tertiary/aromatic N) is 3. The Labute approximate surface area is 343 Å². The third-order valence-electron chi connectivity index (χ3n) is 11.1. The number of hydrogen-bond donors (Lipinski definition) is 10. The molecule has 2 amide bonds. The highest BCUT2D eigenvalue weighted by Crippen LogP contribution is 2.42. The first-order valence-electron chi connectivity index (χ1n) is 19.7. The molecule has 3 aromatic rings. The molecule has 326 valence electrons. The number of carbonyl (C=O) groups excluding carboxylic acids is 3. The number of carboxylic acids is 1. The molecule has 0 radical (unpaired) electrons. The van der Waals surface area contributed by atoms with Crippen LogP contribution in [0.5, 0.6) is 0 Å². The summed E-state index contributed by atoms with van der Waals surface area (Å²) in [6.07, 6.45) is -16.6. The summed E-state index contributed by atoms with van der Waals surface area (Å²) in [5, 5.41) is 99.5. The van der Waals surface area contributed by atoms with Gasteiger partial charge in [-0.2, -0.15) is 0 Å². The summed E-state index contributed by atoms with van der Waals surface area (Å²) < 4.78 is 17.8. The van der Waals surface area contributed by atoms with Gasteiger partial charge in [0, 0.05) is 49.8 Å². The third-order valence-corrected chi connectivity index (χ3v) is 11.1. The Morgan fingerprint density at radius 2 is 1.67 bits per heavy atom. The van der Waals surface area contributed by atoms with Crippen LogP contribution in [0.4, 0.5) is 0 Å². The van der Waals surface area contributed by atoms with Crippen LogP contribution in [0, 0.1) is 0 Å². The van der Waals surface area contributed by atoms with Gasteiger partial charge in [0.05, 0.1) is 31.0 Å². The molecule has 12 unspecified atom stereocenters. The Hall–Kier alpha value is -4.74. The van der Waals surface area contributed by atoms with Crippen LogP contribution < -0.4 is 10.6 Å². The number of aliphatic hydroxyl groups is 7. The van der Waals surface area contributed by atoms with Gasteiger partial charge in [-0.1, -0.05) is 60.7 Å². The van der Waals surface area contributed by atoms with Gasteiger partial charge in [0.15, 0.2) is 6.29 Å². The van der Waals surface area contributed by atoms with Crippen molar-refractivity contribution in [2.45, 2.75) is 125 Å². The summed E-state index contributed by atoms with van der Waals surface area (Å²) in [6.45, 7) is 2.14. The number of benzene rings is 2. The van der Waals surface area contributed by atoms with Crippen LogP contribution in [0.2, 0.25) is 0 Å². The van der Waals surface area contributed by atoms with E-state index in [0.717, 1.165) is 18.9 Å². The van der Waals surface area contributed by atoms with E-state index in [4.69, 9.17) is 14.2 Å². The zero-order chi connectivity index (χ0) is 43.5. The topological polar surface area (TPSA) is 313 Å². The summed E-state index contributed by atoms with van der Waals surface area (Å²) in [5.74, 6) is -6.42. The van der Waals surface area contributed by atoms with Crippen LogP contribution in [-0.2, 0) is 46.4 Å². The van der Waals surface area contributed by atoms with E-state index >= 15 is 0 Å². The summed E-state index contributed by atoms with van der Waals surface area (Å²) in [4.78, 5) is 51.5. The fourth-order valence-corrected chi connectivity index (χ4v) is 7.96. The predicted molar refractivity (Wildman–Crippen MR) is 205 cm³/mol. The monoisotopic (exact) mass is 841 g/mol. The minimum Gasteiger partial charge on any atom is -0.477 e. The number of ether oxygens (including phenoxy) is 3. The standard InChI is InChI=1S/C40H51N5O15/c1-3-14-41-29(50)13-12-25(47)24-15-20-8-4-5-9-21(20)30-32(23-11-7-6-10-22(23)24)45(44-43-30)17-27(49)33(51)37-31(42-19(2)46)26(48)16-40(60-37,39(56)57)58-18-28-34(52)35(53)36(54)38(55)59-28/h4-11,24,26-28,31,33-38,48-49,51-55H,3,12-18H2,1-2H3,(H,41,50)(H,42,46)(H,56,57). The largest absolute Gasteiger partial charge is 0.477 e. The molecule has 2 saturated heterocycles. The Morgan fingerprint density at radius 1 is 0.967 bits per heavy atom. The molecule has 3 heterocycles. The zero-order valence-corrected chi connectivity index (χ0v) is 32.9. The van der Waals surface area contributed by atoms with E-state index in [1.165, 1.54) is 4.68 Å². The lowest BCUT2D eigenvalue weighted by Gasteiger charge is -2.47. The summed E-state index contributed by atoms with van der Waals surface area (Å²) in [6, 6.07) is 12.9. The molecule has 20 nitrogen and oxygen atoms in total. The van der Waals surface area contributed by atoms with Gasteiger partial charge in [0.2, 0.25) is 11.8 Å². The molecule has 0 spiro atoms. The minimum atomic E-state index is -2.81. The van der Waals surface area contributed by atoms with Crippen LogP contribution in [0.25, 0.3) is 22.5 Å². The van der Waals surface area contributed by atoms with Gasteiger partial charge in [-0.3, -0.25) is 14.4 Å². The van der Waals surface area contributed by atoms with Gasteiger partial charge in [0.25, 0.3) is 5.79 Å². The molecule has 2 fully saturated rings. The second-order valence-electron chi connectivity index (χ2n) is 15.3. The average Bonchev–Trinajstić information content (AvgIpc) is 3.63. The second kappa shape index (κ2) is 18.9. The normalized spacial score (nSPS) is 29.7. The minimum absolute atomic E-state index is 0.00623. The second-order valence-corrected chi connectivity index (χ2v) is 15.3. The summed E-state index contributed by atoms with van der Waals surface area (Å²) in [5.41, 5.74) is 3.34. The van der Waals surface area contributed by atoms with E-state index in [0.29, 0.717) is 41.0 Å². The molecule has 3 aliphatic rings. The maximum absolute atomic E-state index is 14.0. The van der Waals surface area contributed by atoms with Crippen molar-refractivity contribution < 1.29 is 74.2 Å². The Kier molecular flexibility index (Phi) is 14.1. The smallest absolute Gasteiger partial charge is 0.364 e. The molecule has 6 rings (SSSR count). The van der Waals surface area contributed by atoms with Gasteiger partial charge in [-0.15, -0.1) is 5.10 Å². The highest BCUT2D eigenvalue weighted by molar-refractivity contribution is 5.93. The van der Waals surface area contributed by atoms with Crippen molar-refractivity contribution in [1.82, 2.24) is 25.6 Å². The number of hydrogen-bond acceptors (Lipinski definition) is 16. The number of aliphatic hydroxyl groups excluding tert-OH is 7. The Balaban J connectivity index is 1.31. The van der Waals surface area contributed by atoms with E-state index in [-0.39, 0.29) is 24.5 Å². The highest BCUT2D eigenvalue weighted by Gasteiger charge is 2.57. The maximum atomic E-state index is 14.0. The molecule has 20 heteroatoms. The van der Waals surface area contributed by atoms with E-state index in [1.54, 1.807) is 30.3 Å². The van der Waals surface area contributed by atoms with E-state index in [1.807, 2.05) is 25.1 Å². The summed E-state index contributed by atoms with van der Waals surface area (Å²) >= 11 is 0. The number of fused-ring (bicyclic) bond motifs is 5. The lowest BCUT2D eigenvalue weighted by Crippen LogP contribution is -2.68. The van der Waals surface area contributed by atoms with E-state index < -0.39 is 104 Å². The van der Waals surface area contributed by atoms with Gasteiger partial charge in [-0.25, -0.2) is 9.48 Å². The number of carbonyl (C=O) groups is 4. The highest BCUT2D eigenvalue weighted by atomic mass is 16.7. The van der Waals surface area contributed by atoms with E-state index in [2.05, 4.69) is 20.9 Å². The summed E-state index contributed by atoms with van der Waals surface area (Å²) in [7, 11) is 0. The Morgan fingerprint density at radius 3 is 2.37 bits per heavy atom. The van der Waals surface area contributed by atoms with Crippen molar-refractivity contribution in [2.24, 2.45) is 0 Å². The molecule has 0 bridgehead atoms. The molecule has 12 atom stereocenters.